The molecule has 1 aliphatic heterocycles. The van der Waals surface area contributed by atoms with Crippen LogP contribution in [0.25, 0.3) is 0 Å². The van der Waals surface area contributed by atoms with Gasteiger partial charge in [0.1, 0.15) is 12.4 Å². The summed E-state index contributed by atoms with van der Waals surface area (Å²) < 4.78 is 10.9. The Morgan fingerprint density at radius 3 is 1.84 bits per heavy atom. The first-order valence-corrected chi connectivity index (χ1v) is 11.6. The normalized spacial score (nSPS) is 12.3. The summed E-state index contributed by atoms with van der Waals surface area (Å²) in [6.07, 6.45) is 0. The van der Waals surface area contributed by atoms with Crippen LogP contribution < -0.4 is 9.64 Å². The zero-order chi connectivity index (χ0) is 25.8. The lowest BCUT2D eigenvalue weighted by Crippen LogP contribution is -2.29. The third-order valence-corrected chi connectivity index (χ3v) is 5.91. The van der Waals surface area contributed by atoms with Gasteiger partial charge in [-0.15, -0.1) is 0 Å². The predicted molar refractivity (Wildman–Crippen MR) is 136 cm³/mol. The number of fused-ring (bicyclic) bond motifs is 1. The standard InChI is InChI=1S/C30H21NO6/c32-27(21-12-16-24(17-13-21)36-18-20-6-2-1-3-7-20)19-37-30(35)22-10-14-23(15-11-22)31-28(33)25-8-4-5-9-26(25)29(31)34/h1-17H,18-19H2. The van der Waals surface area contributed by atoms with Crippen molar-refractivity contribution < 1.29 is 28.7 Å². The SMILES string of the molecule is O=C(COC(=O)c1ccc(N2C(=O)c3ccccc3C2=O)cc1)c1ccc(OCc2ccccc2)cc1. The second-order valence-corrected chi connectivity index (χ2v) is 8.34. The van der Waals surface area contributed by atoms with Crippen molar-refractivity contribution in [2.45, 2.75) is 6.61 Å². The molecule has 1 aliphatic rings. The van der Waals surface area contributed by atoms with Crippen LogP contribution in [0.2, 0.25) is 0 Å². The van der Waals surface area contributed by atoms with Crippen LogP contribution in [0.4, 0.5) is 5.69 Å². The molecule has 0 saturated carbocycles. The van der Waals surface area contributed by atoms with Crippen molar-refractivity contribution >= 4 is 29.3 Å². The highest BCUT2D eigenvalue weighted by atomic mass is 16.5. The molecule has 4 aromatic carbocycles. The first-order valence-electron chi connectivity index (χ1n) is 11.6. The Hall–Kier alpha value is -5.04. The van der Waals surface area contributed by atoms with E-state index >= 15 is 0 Å². The van der Waals surface area contributed by atoms with E-state index in [9.17, 15) is 19.2 Å². The molecule has 0 spiro atoms. The molecule has 0 atom stereocenters. The summed E-state index contributed by atoms with van der Waals surface area (Å²) >= 11 is 0. The Morgan fingerprint density at radius 2 is 1.22 bits per heavy atom. The van der Waals surface area contributed by atoms with E-state index in [1.807, 2.05) is 30.3 Å². The summed E-state index contributed by atoms with van der Waals surface area (Å²) in [6.45, 7) is -0.0131. The van der Waals surface area contributed by atoms with Crippen molar-refractivity contribution in [2.24, 2.45) is 0 Å². The fourth-order valence-corrected chi connectivity index (χ4v) is 3.95. The highest BCUT2D eigenvalue weighted by Gasteiger charge is 2.36. The molecule has 7 nitrogen and oxygen atoms in total. The molecule has 37 heavy (non-hydrogen) atoms. The Morgan fingerprint density at radius 1 is 0.649 bits per heavy atom. The minimum absolute atomic E-state index is 0.192. The van der Waals surface area contributed by atoms with Gasteiger partial charge in [-0.25, -0.2) is 9.69 Å². The second kappa shape index (κ2) is 10.3. The van der Waals surface area contributed by atoms with Gasteiger partial charge in [-0.1, -0.05) is 42.5 Å². The second-order valence-electron chi connectivity index (χ2n) is 8.34. The number of ketones is 1. The Bertz CT molecular complexity index is 1440. The van der Waals surface area contributed by atoms with Crippen LogP contribution in [0.3, 0.4) is 0 Å². The highest BCUT2D eigenvalue weighted by molar-refractivity contribution is 6.34. The number of amides is 2. The monoisotopic (exact) mass is 491 g/mol. The number of hydrogen-bond acceptors (Lipinski definition) is 6. The van der Waals surface area contributed by atoms with Crippen LogP contribution in [-0.2, 0) is 11.3 Å². The van der Waals surface area contributed by atoms with Gasteiger partial charge < -0.3 is 9.47 Å². The molecular weight excluding hydrogens is 470 g/mol. The van der Waals surface area contributed by atoms with E-state index in [0.29, 0.717) is 34.7 Å². The molecule has 2 amide bonds. The van der Waals surface area contributed by atoms with E-state index in [1.165, 1.54) is 24.3 Å². The summed E-state index contributed by atoms with van der Waals surface area (Å²) in [5, 5.41) is 0. The van der Waals surface area contributed by atoms with Crippen LogP contribution >= 0.6 is 0 Å². The lowest BCUT2D eigenvalue weighted by molar-refractivity contribution is 0.0474. The molecule has 1 heterocycles. The van der Waals surface area contributed by atoms with Gasteiger partial charge in [-0.3, -0.25) is 14.4 Å². The van der Waals surface area contributed by atoms with Gasteiger partial charge in [-0.05, 0) is 66.2 Å². The minimum atomic E-state index is -0.690. The first-order chi connectivity index (χ1) is 18.0. The van der Waals surface area contributed by atoms with Crippen LogP contribution in [0.1, 0.15) is 47.0 Å². The van der Waals surface area contributed by atoms with Crippen molar-refractivity contribution in [1.29, 1.82) is 0 Å². The maximum atomic E-state index is 12.6. The number of carbonyl (C=O) groups excluding carboxylic acids is 4. The topological polar surface area (TPSA) is 90.0 Å². The van der Waals surface area contributed by atoms with Gasteiger partial charge in [0.2, 0.25) is 0 Å². The lowest BCUT2D eigenvalue weighted by atomic mass is 10.1. The van der Waals surface area contributed by atoms with Gasteiger partial charge >= 0.3 is 5.97 Å². The van der Waals surface area contributed by atoms with Crippen molar-refractivity contribution in [3.05, 3.63) is 131 Å². The molecule has 0 saturated heterocycles. The smallest absolute Gasteiger partial charge is 0.338 e. The van der Waals surface area contributed by atoms with Crippen LogP contribution in [-0.4, -0.2) is 30.2 Å². The maximum Gasteiger partial charge on any atom is 0.338 e. The first kappa shape index (κ1) is 23.7. The third-order valence-electron chi connectivity index (χ3n) is 5.91. The van der Waals surface area contributed by atoms with E-state index in [-0.39, 0.29) is 11.3 Å². The number of Topliss-reactive ketones (excluding diaryl/α,β-unsaturated/α-hetero) is 1. The Kier molecular flexibility index (Phi) is 6.59. The number of anilines is 1. The third kappa shape index (κ3) is 5.01. The largest absolute Gasteiger partial charge is 0.489 e. The summed E-state index contributed by atoms with van der Waals surface area (Å²) in [5.74, 6) is -1.26. The number of benzene rings is 4. The summed E-state index contributed by atoms with van der Waals surface area (Å²) in [7, 11) is 0. The van der Waals surface area contributed by atoms with Crippen molar-refractivity contribution in [1.82, 2.24) is 0 Å². The van der Waals surface area contributed by atoms with Crippen LogP contribution in [0.15, 0.2) is 103 Å². The summed E-state index contributed by atoms with van der Waals surface area (Å²) in [6, 6.07) is 28.8. The number of ether oxygens (including phenoxy) is 2. The van der Waals surface area contributed by atoms with Crippen molar-refractivity contribution in [3.8, 4) is 5.75 Å². The number of esters is 1. The molecule has 0 aromatic heterocycles. The van der Waals surface area contributed by atoms with Gasteiger partial charge in [0.25, 0.3) is 11.8 Å². The molecule has 5 rings (SSSR count). The molecular formula is C30H21NO6. The number of imide groups is 1. The van der Waals surface area contributed by atoms with E-state index in [0.717, 1.165) is 10.5 Å². The molecule has 0 radical (unpaired) electrons. The molecule has 0 aliphatic carbocycles. The lowest BCUT2D eigenvalue weighted by Gasteiger charge is -2.14. The number of carbonyl (C=O) groups is 4. The maximum absolute atomic E-state index is 12.6. The predicted octanol–water partition coefficient (Wildman–Crippen LogP) is 5.11. The highest BCUT2D eigenvalue weighted by Crippen LogP contribution is 2.28. The van der Waals surface area contributed by atoms with E-state index in [1.54, 1.807) is 48.5 Å². The van der Waals surface area contributed by atoms with Crippen LogP contribution in [0.5, 0.6) is 5.75 Å². The summed E-state index contributed by atoms with van der Waals surface area (Å²) in [5.41, 5.74) is 2.63. The molecule has 182 valence electrons. The number of nitrogens with zero attached hydrogens (tertiary/aromatic N) is 1. The van der Waals surface area contributed by atoms with Crippen molar-refractivity contribution in [3.63, 3.8) is 0 Å². The number of hydrogen-bond donors (Lipinski definition) is 0. The Labute approximate surface area is 212 Å². The molecule has 0 fully saturated rings. The van der Waals surface area contributed by atoms with E-state index in [2.05, 4.69) is 0 Å². The minimum Gasteiger partial charge on any atom is -0.489 e. The average molecular weight is 491 g/mol. The fraction of sp³-hybridized carbons (Fsp3) is 0.0667. The van der Waals surface area contributed by atoms with Crippen LogP contribution in [0, 0.1) is 0 Å². The fourth-order valence-electron chi connectivity index (χ4n) is 3.95. The van der Waals surface area contributed by atoms with Crippen molar-refractivity contribution in [2.75, 3.05) is 11.5 Å². The molecule has 0 bridgehead atoms. The average Bonchev–Trinajstić information content (AvgIpc) is 3.21. The van der Waals surface area contributed by atoms with Gasteiger partial charge in [0, 0.05) is 5.56 Å². The quantitative estimate of drug-likeness (QED) is 0.193. The zero-order valence-corrected chi connectivity index (χ0v) is 19.6. The van der Waals surface area contributed by atoms with Gasteiger partial charge in [-0.2, -0.15) is 0 Å². The zero-order valence-electron chi connectivity index (χ0n) is 19.6. The Balaban J connectivity index is 1.15. The van der Waals surface area contributed by atoms with Gasteiger partial charge in [0.15, 0.2) is 12.4 Å². The molecule has 7 heteroatoms. The number of rotatable bonds is 8. The van der Waals surface area contributed by atoms with Gasteiger partial charge in [0.05, 0.1) is 22.4 Å². The molecule has 0 unspecified atom stereocenters. The van der Waals surface area contributed by atoms with E-state index < -0.39 is 24.4 Å². The summed E-state index contributed by atoms with van der Waals surface area (Å²) in [4.78, 5) is 51.3. The van der Waals surface area contributed by atoms with E-state index in [4.69, 9.17) is 9.47 Å². The molecule has 4 aromatic rings. The molecule has 0 N–H and O–H groups in total.